The summed E-state index contributed by atoms with van der Waals surface area (Å²) in [6.45, 7) is 3.38. The van der Waals surface area contributed by atoms with Gasteiger partial charge < -0.3 is 19.9 Å². The highest BCUT2D eigenvalue weighted by molar-refractivity contribution is 6.32. The van der Waals surface area contributed by atoms with E-state index in [0.717, 1.165) is 24.3 Å². The molecule has 7 nitrogen and oxygen atoms in total. The largest absolute Gasteiger partial charge is 0.492 e. The zero-order chi connectivity index (χ0) is 20.5. The minimum Gasteiger partial charge on any atom is -0.492 e. The van der Waals surface area contributed by atoms with Gasteiger partial charge in [0.2, 0.25) is 11.9 Å². The highest BCUT2D eigenvalue weighted by Crippen LogP contribution is 2.34. The van der Waals surface area contributed by atoms with Crippen LogP contribution in [0.25, 0.3) is 0 Å². The highest BCUT2D eigenvalue weighted by atomic mass is 35.5. The number of nitrogens with zero attached hydrogens (tertiary/aromatic N) is 4. The lowest BCUT2D eigenvalue weighted by molar-refractivity contribution is -0.117. The molecular weight excluding hydrogens is 397 g/mol. The first-order valence-electron chi connectivity index (χ1n) is 9.67. The fourth-order valence-corrected chi connectivity index (χ4v) is 3.95. The first-order valence-corrected chi connectivity index (χ1v) is 10.0. The molecule has 1 aromatic heterocycles. The lowest BCUT2D eigenvalue weighted by Crippen LogP contribution is -2.45. The van der Waals surface area contributed by atoms with E-state index in [2.05, 4.69) is 15.3 Å². The number of ether oxygens (including phenoxy) is 1. The van der Waals surface area contributed by atoms with Crippen molar-refractivity contribution in [3.63, 3.8) is 0 Å². The van der Waals surface area contributed by atoms with Crippen LogP contribution in [0.5, 0.6) is 5.75 Å². The first kappa shape index (κ1) is 19.7. The smallest absolute Gasteiger partial charge is 0.246 e. The van der Waals surface area contributed by atoms with E-state index in [1.54, 1.807) is 17.2 Å². The van der Waals surface area contributed by atoms with E-state index in [4.69, 9.17) is 16.3 Å². The third-order valence-electron chi connectivity index (χ3n) is 5.33. The predicted octanol–water partition coefficient (Wildman–Crippen LogP) is 3.34. The second-order valence-corrected chi connectivity index (χ2v) is 7.87. The zero-order valence-corrected chi connectivity index (χ0v) is 17.1. The molecule has 1 N–H and O–H groups in total. The van der Waals surface area contributed by atoms with Crippen LogP contribution in [0.3, 0.4) is 0 Å². The van der Waals surface area contributed by atoms with E-state index in [1.807, 2.05) is 18.9 Å². The topological polar surface area (TPSA) is 70.6 Å². The van der Waals surface area contributed by atoms with Gasteiger partial charge in [-0.2, -0.15) is 4.98 Å². The SMILES string of the molecule is CCN1C(=O)CN(C)c2nc(NC3CC(COc4ccc(F)cc4Cl)C3)ncc21. The molecule has 2 aromatic rings. The van der Waals surface area contributed by atoms with Gasteiger partial charge in [-0.25, -0.2) is 9.37 Å². The number of fused-ring (bicyclic) bond motifs is 1. The average Bonchev–Trinajstić information content (AvgIpc) is 2.65. The van der Waals surface area contributed by atoms with Crippen molar-refractivity contribution in [3.8, 4) is 5.75 Å². The molecule has 0 spiro atoms. The molecule has 1 amide bonds. The molecule has 9 heteroatoms. The van der Waals surface area contributed by atoms with Gasteiger partial charge in [-0.3, -0.25) is 4.79 Å². The van der Waals surface area contributed by atoms with Crippen LogP contribution in [0.2, 0.25) is 5.02 Å². The summed E-state index contributed by atoms with van der Waals surface area (Å²) in [7, 11) is 1.86. The molecule has 1 fully saturated rings. The molecule has 2 aliphatic rings. The third-order valence-corrected chi connectivity index (χ3v) is 5.62. The Labute approximate surface area is 173 Å². The van der Waals surface area contributed by atoms with Gasteiger partial charge in [-0.05, 0) is 43.9 Å². The number of hydrogen-bond donors (Lipinski definition) is 1. The van der Waals surface area contributed by atoms with Crippen LogP contribution in [0.4, 0.5) is 21.8 Å². The number of carbonyl (C=O) groups is 1. The summed E-state index contributed by atoms with van der Waals surface area (Å²) in [6, 6.07) is 4.40. The van der Waals surface area contributed by atoms with Crippen molar-refractivity contribution >= 4 is 35.0 Å². The Bertz CT molecular complexity index is 922. The molecule has 0 saturated heterocycles. The number of halogens is 2. The van der Waals surface area contributed by atoms with Crippen LogP contribution < -0.4 is 19.9 Å². The van der Waals surface area contributed by atoms with Crippen LogP contribution in [0.15, 0.2) is 24.4 Å². The van der Waals surface area contributed by atoms with Gasteiger partial charge >= 0.3 is 0 Å². The number of benzene rings is 1. The second-order valence-electron chi connectivity index (χ2n) is 7.46. The van der Waals surface area contributed by atoms with Gasteiger partial charge in [0.15, 0.2) is 5.82 Å². The quantitative estimate of drug-likeness (QED) is 0.774. The third kappa shape index (κ3) is 4.07. The number of amides is 1. The summed E-state index contributed by atoms with van der Waals surface area (Å²) >= 11 is 5.99. The van der Waals surface area contributed by atoms with E-state index < -0.39 is 0 Å². The number of likely N-dealkylation sites (N-methyl/N-ethyl adjacent to an activating group) is 2. The van der Waals surface area contributed by atoms with Crippen molar-refractivity contribution in [3.05, 3.63) is 35.2 Å². The summed E-state index contributed by atoms with van der Waals surface area (Å²) in [5.74, 6) is 1.89. The van der Waals surface area contributed by atoms with E-state index in [9.17, 15) is 9.18 Å². The molecule has 154 valence electrons. The highest BCUT2D eigenvalue weighted by Gasteiger charge is 2.32. The minimum absolute atomic E-state index is 0.0508. The Kier molecular flexibility index (Phi) is 5.45. The van der Waals surface area contributed by atoms with Crippen LogP contribution in [-0.4, -0.2) is 48.7 Å². The number of rotatable bonds is 6. The van der Waals surface area contributed by atoms with E-state index in [1.165, 1.54) is 12.1 Å². The molecule has 0 radical (unpaired) electrons. The summed E-state index contributed by atoms with van der Waals surface area (Å²) in [5.41, 5.74) is 0.743. The Balaban J connectivity index is 1.31. The summed E-state index contributed by atoms with van der Waals surface area (Å²) < 4.78 is 18.8. The Hall–Kier alpha value is -2.61. The lowest BCUT2D eigenvalue weighted by atomic mass is 9.81. The van der Waals surface area contributed by atoms with Gasteiger partial charge in [0.1, 0.15) is 17.3 Å². The van der Waals surface area contributed by atoms with E-state index in [-0.39, 0.29) is 22.8 Å². The second kappa shape index (κ2) is 8.02. The molecule has 0 bridgehead atoms. The van der Waals surface area contributed by atoms with Crippen LogP contribution >= 0.6 is 11.6 Å². The Morgan fingerprint density at radius 3 is 2.90 bits per heavy atom. The fraction of sp³-hybridized carbons (Fsp3) is 0.450. The number of aromatic nitrogens is 2. The summed E-state index contributed by atoms with van der Waals surface area (Å²) in [6.07, 6.45) is 3.56. The molecule has 2 heterocycles. The van der Waals surface area contributed by atoms with Gasteiger partial charge in [0.05, 0.1) is 24.4 Å². The number of carbonyl (C=O) groups excluding carboxylic acids is 1. The summed E-state index contributed by atoms with van der Waals surface area (Å²) in [5, 5.41) is 3.64. The van der Waals surface area contributed by atoms with Crippen LogP contribution in [0.1, 0.15) is 19.8 Å². The van der Waals surface area contributed by atoms with Crippen LogP contribution in [0, 0.1) is 11.7 Å². The average molecular weight is 420 g/mol. The predicted molar refractivity (Wildman–Crippen MR) is 110 cm³/mol. The summed E-state index contributed by atoms with van der Waals surface area (Å²) in [4.78, 5) is 24.7. The molecule has 1 saturated carbocycles. The normalized spacial score (nSPS) is 20.9. The molecule has 1 aliphatic heterocycles. The zero-order valence-electron chi connectivity index (χ0n) is 16.4. The molecule has 29 heavy (non-hydrogen) atoms. The first-order chi connectivity index (χ1) is 13.9. The van der Waals surface area contributed by atoms with Gasteiger partial charge in [-0.15, -0.1) is 0 Å². The van der Waals surface area contributed by atoms with Gasteiger partial charge in [-0.1, -0.05) is 11.6 Å². The monoisotopic (exact) mass is 419 g/mol. The molecule has 1 aromatic carbocycles. The molecule has 1 aliphatic carbocycles. The van der Waals surface area contributed by atoms with E-state index >= 15 is 0 Å². The van der Waals surface area contributed by atoms with Gasteiger partial charge in [0.25, 0.3) is 0 Å². The maximum Gasteiger partial charge on any atom is 0.246 e. The minimum atomic E-state index is -0.377. The lowest BCUT2D eigenvalue weighted by Gasteiger charge is -2.36. The van der Waals surface area contributed by atoms with Crippen molar-refractivity contribution in [1.29, 1.82) is 0 Å². The van der Waals surface area contributed by atoms with Crippen molar-refractivity contribution in [1.82, 2.24) is 9.97 Å². The molecule has 0 unspecified atom stereocenters. The molecular formula is C20H23ClFN5O2. The van der Waals surface area contributed by atoms with Crippen LogP contribution in [-0.2, 0) is 4.79 Å². The van der Waals surface area contributed by atoms with Crippen molar-refractivity contribution in [2.75, 3.05) is 41.9 Å². The van der Waals surface area contributed by atoms with Crippen molar-refractivity contribution in [2.45, 2.75) is 25.8 Å². The Morgan fingerprint density at radius 1 is 1.38 bits per heavy atom. The number of anilines is 3. The maximum absolute atomic E-state index is 13.1. The van der Waals surface area contributed by atoms with Crippen molar-refractivity contribution < 1.29 is 13.9 Å². The number of hydrogen-bond acceptors (Lipinski definition) is 6. The maximum atomic E-state index is 13.1. The number of nitrogens with one attached hydrogen (secondary N) is 1. The van der Waals surface area contributed by atoms with Crippen molar-refractivity contribution in [2.24, 2.45) is 5.92 Å². The standard InChI is InChI=1S/C20H23ClFN5O2/c1-3-27-16-9-23-20(25-19(16)26(2)10-18(27)28)24-14-6-12(7-14)11-29-17-5-4-13(22)8-15(17)21/h4-5,8-9,12,14H,3,6-7,10-11H2,1-2H3,(H,23,24,25). The fourth-order valence-electron chi connectivity index (χ4n) is 3.72. The van der Waals surface area contributed by atoms with E-state index in [0.29, 0.717) is 37.3 Å². The molecule has 4 rings (SSSR count). The van der Waals surface area contributed by atoms with Gasteiger partial charge in [0, 0.05) is 19.6 Å². The Morgan fingerprint density at radius 2 is 2.17 bits per heavy atom. The molecule has 0 atom stereocenters.